The highest BCUT2D eigenvalue weighted by atomic mass is 79.9. The van der Waals surface area contributed by atoms with Gasteiger partial charge >= 0.3 is 5.69 Å². The van der Waals surface area contributed by atoms with Crippen LogP contribution in [0.15, 0.2) is 55.1 Å². The molecule has 0 unspecified atom stereocenters. The normalized spacial score (nSPS) is 9.72. The summed E-state index contributed by atoms with van der Waals surface area (Å²) in [6.45, 7) is 0. The number of nitro benzene ring substituents is 2. The van der Waals surface area contributed by atoms with E-state index in [-0.39, 0.29) is 22.7 Å². The Kier molecular flexibility index (Phi) is 7.19. The van der Waals surface area contributed by atoms with Gasteiger partial charge < -0.3 is 0 Å². The third-order valence-electron chi connectivity index (χ3n) is 3.05. The van der Waals surface area contributed by atoms with Crippen LogP contribution in [0.1, 0.15) is 0 Å². The standard InChI is InChI=1S/C7H4BrN5O3.C7H3BrN2O3/c8-4-1-5(3-6(2-4)13(15)16)12-7(14)9-10-11-12;8-5-1-6(9-4-11)3-7(2-5)10(12)13/h1-3H,(H,9,11,14);1-3H. The summed E-state index contributed by atoms with van der Waals surface area (Å²) in [7, 11) is 0. The molecule has 1 heterocycles. The number of aliphatic imine (C=N–C) groups is 1. The fraction of sp³-hybridized carbons (Fsp3) is 0. The number of tetrazole rings is 1. The lowest BCUT2D eigenvalue weighted by molar-refractivity contribution is -0.385. The first kappa shape index (κ1) is 21.7. The molecule has 1 aromatic heterocycles. The van der Waals surface area contributed by atoms with E-state index >= 15 is 0 Å². The number of rotatable bonds is 4. The van der Waals surface area contributed by atoms with Gasteiger partial charge in [0.2, 0.25) is 6.08 Å². The molecule has 0 spiro atoms. The van der Waals surface area contributed by atoms with E-state index < -0.39 is 15.5 Å². The van der Waals surface area contributed by atoms with Crippen LogP contribution in [-0.2, 0) is 4.79 Å². The Labute approximate surface area is 176 Å². The maximum absolute atomic E-state index is 11.2. The molecule has 13 nitrogen and oxygen atoms in total. The molecule has 15 heteroatoms. The zero-order valence-electron chi connectivity index (χ0n) is 13.9. The van der Waals surface area contributed by atoms with E-state index in [0.717, 1.165) is 4.68 Å². The fourth-order valence-electron chi connectivity index (χ4n) is 1.94. The van der Waals surface area contributed by atoms with Crippen LogP contribution in [0.3, 0.4) is 0 Å². The Bertz CT molecular complexity index is 1160. The zero-order chi connectivity index (χ0) is 21.6. The molecule has 3 aromatic rings. The number of aromatic nitrogens is 4. The molecule has 0 radical (unpaired) electrons. The van der Waals surface area contributed by atoms with E-state index in [2.05, 4.69) is 52.4 Å². The van der Waals surface area contributed by atoms with Crippen molar-refractivity contribution in [3.63, 3.8) is 0 Å². The van der Waals surface area contributed by atoms with Crippen LogP contribution in [0.4, 0.5) is 17.1 Å². The minimum atomic E-state index is -0.563. The van der Waals surface area contributed by atoms with E-state index in [0.29, 0.717) is 8.95 Å². The van der Waals surface area contributed by atoms with Crippen molar-refractivity contribution < 1.29 is 14.6 Å². The molecule has 0 bridgehead atoms. The van der Waals surface area contributed by atoms with Crippen molar-refractivity contribution in [2.75, 3.05) is 0 Å². The number of hydrogen-bond donors (Lipinski definition) is 1. The van der Waals surface area contributed by atoms with Crippen LogP contribution in [-0.4, -0.2) is 36.1 Å². The van der Waals surface area contributed by atoms with E-state index in [4.69, 9.17) is 0 Å². The van der Waals surface area contributed by atoms with Crippen LogP contribution < -0.4 is 5.69 Å². The highest BCUT2D eigenvalue weighted by Crippen LogP contribution is 2.26. The molecule has 0 amide bonds. The van der Waals surface area contributed by atoms with Gasteiger partial charge in [-0.2, -0.15) is 9.67 Å². The predicted molar refractivity (Wildman–Crippen MR) is 105 cm³/mol. The topological polar surface area (TPSA) is 179 Å². The minimum Gasteiger partial charge on any atom is -0.258 e. The van der Waals surface area contributed by atoms with Crippen molar-refractivity contribution in [3.05, 3.63) is 76.1 Å². The zero-order valence-corrected chi connectivity index (χ0v) is 17.0. The highest BCUT2D eigenvalue weighted by molar-refractivity contribution is 9.10. The Morgan fingerprint density at radius 2 is 1.59 bits per heavy atom. The van der Waals surface area contributed by atoms with Crippen LogP contribution in [0, 0.1) is 20.2 Å². The van der Waals surface area contributed by atoms with Gasteiger partial charge in [-0.3, -0.25) is 20.2 Å². The van der Waals surface area contributed by atoms with Gasteiger partial charge in [-0.25, -0.2) is 14.7 Å². The number of nitro groups is 2. The van der Waals surface area contributed by atoms with Crippen molar-refractivity contribution in [3.8, 4) is 5.69 Å². The lowest BCUT2D eigenvalue weighted by Crippen LogP contribution is -2.16. The molecule has 0 saturated carbocycles. The first-order valence-corrected chi connectivity index (χ1v) is 8.78. The third-order valence-corrected chi connectivity index (χ3v) is 3.96. The van der Waals surface area contributed by atoms with Crippen molar-refractivity contribution >= 4 is 55.0 Å². The number of nitrogens with zero attached hydrogens (tertiary/aromatic N) is 6. The average molecular weight is 529 g/mol. The number of hydrogen-bond acceptors (Lipinski definition) is 9. The Morgan fingerprint density at radius 3 is 2.10 bits per heavy atom. The van der Waals surface area contributed by atoms with Crippen LogP contribution in [0.5, 0.6) is 0 Å². The van der Waals surface area contributed by atoms with E-state index in [1.165, 1.54) is 42.5 Å². The van der Waals surface area contributed by atoms with Gasteiger partial charge in [0.05, 0.1) is 21.2 Å². The molecular formula is C14H7Br2N7O6. The molecule has 0 saturated heterocycles. The quantitative estimate of drug-likeness (QED) is 0.232. The van der Waals surface area contributed by atoms with Gasteiger partial charge in [0.15, 0.2) is 0 Å². The van der Waals surface area contributed by atoms with Gasteiger partial charge in [-0.1, -0.05) is 31.9 Å². The van der Waals surface area contributed by atoms with E-state index in [9.17, 15) is 29.8 Å². The van der Waals surface area contributed by atoms with Gasteiger partial charge in [0, 0.05) is 33.2 Å². The second-order valence-corrected chi connectivity index (χ2v) is 6.80. The maximum atomic E-state index is 11.2. The molecule has 1 N–H and O–H groups in total. The maximum Gasteiger partial charge on any atom is 0.365 e. The molecule has 0 aliphatic rings. The molecule has 0 aliphatic carbocycles. The van der Waals surface area contributed by atoms with Crippen LogP contribution in [0.25, 0.3) is 5.69 Å². The number of non-ortho nitro benzene ring substituents is 2. The van der Waals surface area contributed by atoms with E-state index in [1.807, 2.05) is 0 Å². The van der Waals surface area contributed by atoms with E-state index in [1.54, 1.807) is 0 Å². The summed E-state index contributed by atoms with van der Waals surface area (Å²) in [5.74, 6) is 0. The largest absolute Gasteiger partial charge is 0.365 e. The third kappa shape index (κ3) is 5.97. The number of nitrogens with one attached hydrogen (secondary N) is 1. The summed E-state index contributed by atoms with van der Waals surface area (Å²) in [4.78, 5) is 44.2. The summed E-state index contributed by atoms with van der Waals surface area (Å²) in [6.07, 6.45) is 1.31. The lowest BCUT2D eigenvalue weighted by Gasteiger charge is -1.99. The average Bonchev–Trinajstić information content (AvgIpc) is 3.07. The van der Waals surface area contributed by atoms with Gasteiger partial charge in [0.1, 0.15) is 0 Å². The Balaban J connectivity index is 0.000000212. The fourth-order valence-corrected chi connectivity index (χ4v) is 2.87. The number of carbonyl (C=O) groups excluding carboxylic acids is 1. The number of H-pyrrole nitrogens is 1. The smallest absolute Gasteiger partial charge is 0.258 e. The van der Waals surface area contributed by atoms with Crippen molar-refractivity contribution in [2.45, 2.75) is 0 Å². The highest BCUT2D eigenvalue weighted by Gasteiger charge is 2.12. The first-order valence-electron chi connectivity index (χ1n) is 7.20. The minimum absolute atomic E-state index is 0.122. The second kappa shape index (κ2) is 9.59. The number of benzene rings is 2. The van der Waals surface area contributed by atoms with Crippen molar-refractivity contribution in [1.82, 2.24) is 20.2 Å². The SMILES string of the molecule is O=C=Nc1cc(Br)cc([N+](=O)[O-])c1.O=c1[nH]nnn1-c1cc(Br)cc([N+](=O)[O-])c1. The summed E-state index contributed by atoms with van der Waals surface area (Å²) >= 11 is 6.17. The summed E-state index contributed by atoms with van der Waals surface area (Å²) in [5, 5.41) is 29.8. The Hall–Kier alpha value is -3.55. The van der Waals surface area contributed by atoms with Crippen LogP contribution >= 0.6 is 31.9 Å². The predicted octanol–water partition coefficient (Wildman–Crippen LogP) is 2.95. The van der Waals surface area contributed by atoms with Crippen molar-refractivity contribution in [1.29, 1.82) is 0 Å². The lowest BCUT2D eigenvalue weighted by atomic mass is 10.3. The first-order chi connectivity index (χ1) is 13.7. The molecule has 0 atom stereocenters. The van der Waals surface area contributed by atoms with Gasteiger partial charge in [-0.05, 0) is 22.6 Å². The van der Waals surface area contributed by atoms with Gasteiger partial charge in [-0.15, -0.1) is 0 Å². The molecular weight excluding hydrogens is 522 g/mol. The molecule has 3 rings (SSSR count). The van der Waals surface area contributed by atoms with Gasteiger partial charge in [0.25, 0.3) is 11.4 Å². The molecule has 2 aromatic carbocycles. The Morgan fingerprint density at radius 1 is 1.00 bits per heavy atom. The number of aromatic amines is 1. The molecule has 0 fully saturated rings. The number of halogens is 2. The van der Waals surface area contributed by atoms with Crippen molar-refractivity contribution in [2.24, 2.45) is 4.99 Å². The van der Waals surface area contributed by atoms with Crippen LogP contribution in [0.2, 0.25) is 0 Å². The molecule has 0 aliphatic heterocycles. The summed E-state index contributed by atoms with van der Waals surface area (Å²) in [5.41, 5.74) is -0.356. The monoisotopic (exact) mass is 527 g/mol. The second-order valence-electron chi connectivity index (χ2n) is 4.97. The molecule has 148 valence electrons. The number of isocyanates is 1. The summed E-state index contributed by atoms with van der Waals surface area (Å²) < 4.78 is 1.90. The molecule has 29 heavy (non-hydrogen) atoms. The summed E-state index contributed by atoms with van der Waals surface area (Å²) in [6, 6.07) is 8.08.